The van der Waals surface area contributed by atoms with Crippen molar-refractivity contribution in [2.24, 2.45) is 0 Å². The van der Waals surface area contributed by atoms with Gasteiger partial charge in [0.15, 0.2) is 0 Å². The molecule has 4 nitrogen and oxygen atoms in total. The van der Waals surface area contributed by atoms with Crippen molar-refractivity contribution >= 4 is 0 Å². The molecule has 14 rings (SSSR count). The third-order valence-corrected chi connectivity index (χ3v) is 11.5. The predicted octanol–water partition coefficient (Wildman–Crippen LogP) is 10.8. The van der Waals surface area contributed by atoms with Crippen molar-refractivity contribution < 1.29 is 0 Å². The fraction of sp³-hybridized carbons (Fsp3) is 0.0833. The number of hydrogen-bond acceptors (Lipinski definition) is 4. The van der Waals surface area contributed by atoms with Crippen molar-refractivity contribution in [1.82, 2.24) is 19.9 Å². The van der Waals surface area contributed by atoms with E-state index in [-0.39, 0.29) is 23.7 Å². The lowest BCUT2D eigenvalue weighted by atomic mass is 9.52. The van der Waals surface area contributed by atoms with Gasteiger partial charge in [0.25, 0.3) is 0 Å². The summed E-state index contributed by atoms with van der Waals surface area (Å²) in [6.45, 7) is 0. The number of nitrogens with zero attached hydrogens (tertiary/aromatic N) is 4. The summed E-state index contributed by atoms with van der Waals surface area (Å²) in [5.41, 5.74) is 19.5. The molecule has 6 aliphatic rings. The molecule has 0 N–H and O–H groups in total. The Hall–Kier alpha value is -6.52. The van der Waals surface area contributed by atoms with Crippen LogP contribution in [0.3, 0.4) is 0 Å². The zero-order chi connectivity index (χ0) is 34.2. The summed E-state index contributed by atoms with van der Waals surface area (Å²) >= 11 is 0. The van der Waals surface area contributed by atoms with Crippen molar-refractivity contribution in [2.45, 2.75) is 23.7 Å². The van der Waals surface area contributed by atoms with E-state index in [1.165, 1.54) is 44.5 Å². The second-order valence-electron chi connectivity index (χ2n) is 14.1. The number of benzene rings is 4. The van der Waals surface area contributed by atoms with Crippen LogP contribution in [0.4, 0.5) is 0 Å². The minimum Gasteiger partial charge on any atom is -0.256 e. The lowest BCUT2D eigenvalue weighted by Gasteiger charge is -2.50. The first-order chi connectivity index (χ1) is 25.8. The molecule has 0 radical (unpaired) electrons. The van der Waals surface area contributed by atoms with Crippen molar-refractivity contribution in [2.75, 3.05) is 0 Å². The molecule has 0 amide bonds. The van der Waals surface area contributed by atoms with Crippen LogP contribution in [0.25, 0.3) is 45.0 Å². The Labute approximate surface area is 302 Å². The van der Waals surface area contributed by atoms with Gasteiger partial charge < -0.3 is 0 Å². The lowest BCUT2D eigenvalue weighted by molar-refractivity contribution is 0.530. The predicted molar refractivity (Wildman–Crippen MR) is 206 cm³/mol. The first-order valence-corrected chi connectivity index (χ1v) is 18.0. The van der Waals surface area contributed by atoms with Crippen molar-refractivity contribution in [1.29, 1.82) is 0 Å². The van der Waals surface area contributed by atoms with Gasteiger partial charge in [-0.2, -0.15) is 0 Å². The summed E-state index contributed by atoms with van der Waals surface area (Å²) in [5, 5.41) is 0. The van der Waals surface area contributed by atoms with Crippen LogP contribution in [0, 0.1) is 0 Å². The highest BCUT2D eigenvalue weighted by molar-refractivity contribution is 5.86. The Morgan fingerprint density at radius 1 is 0.250 bits per heavy atom. The smallest absolute Gasteiger partial charge is 0.0708 e. The lowest BCUT2D eigenvalue weighted by Crippen LogP contribution is -2.36. The van der Waals surface area contributed by atoms with Crippen LogP contribution in [0.15, 0.2) is 170 Å². The van der Waals surface area contributed by atoms with Crippen molar-refractivity contribution in [3.63, 3.8) is 0 Å². The Bertz CT molecular complexity index is 2270. The van der Waals surface area contributed by atoms with Gasteiger partial charge in [-0.3, -0.25) is 19.9 Å². The highest BCUT2D eigenvalue weighted by atomic mass is 14.7. The van der Waals surface area contributed by atoms with Gasteiger partial charge >= 0.3 is 0 Å². The molecule has 0 saturated heterocycles. The van der Waals surface area contributed by atoms with Gasteiger partial charge in [-0.15, -0.1) is 0 Å². The van der Waals surface area contributed by atoms with Crippen molar-refractivity contribution in [3.05, 3.63) is 215 Å². The molecule has 4 aromatic carbocycles. The molecule has 4 bridgehead atoms. The molecule has 0 spiro atoms. The summed E-state index contributed by atoms with van der Waals surface area (Å²) < 4.78 is 0. The largest absolute Gasteiger partial charge is 0.256 e. The summed E-state index contributed by atoms with van der Waals surface area (Å²) in [4.78, 5) is 19.6. The summed E-state index contributed by atoms with van der Waals surface area (Å²) in [6, 6.07) is 53.0. The molecule has 52 heavy (non-hydrogen) atoms. The first kappa shape index (κ1) is 29.2. The molecule has 8 aromatic rings. The van der Waals surface area contributed by atoms with E-state index in [9.17, 15) is 0 Å². The van der Waals surface area contributed by atoms with Gasteiger partial charge in [-0.1, -0.05) is 72.8 Å². The van der Waals surface area contributed by atoms with E-state index in [0.717, 1.165) is 45.0 Å². The number of pyridine rings is 4. The fourth-order valence-electron chi connectivity index (χ4n) is 9.54. The number of hydrogen-bond donors (Lipinski definition) is 0. The molecule has 4 heterocycles. The maximum atomic E-state index is 4.90. The second-order valence-corrected chi connectivity index (χ2v) is 14.1. The van der Waals surface area contributed by atoms with E-state index < -0.39 is 0 Å². The van der Waals surface area contributed by atoms with Gasteiger partial charge in [0.1, 0.15) is 0 Å². The molecule has 4 aromatic heterocycles. The Kier molecular flexibility index (Phi) is 6.47. The van der Waals surface area contributed by atoms with Gasteiger partial charge in [-0.25, -0.2) is 0 Å². The van der Waals surface area contributed by atoms with Crippen LogP contribution in [0.2, 0.25) is 0 Å². The zero-order valence-corrected chi connectivity index (χ0v) is 28.3. The van der Waals surface area contributed by atoms with Gasteiger partial charge in [0, 0.05) is 70.7 Å². The normalized spacial score (nSPS) is 18.8. The van der Waals surface area contributed by atoms with Crippen LogP contribution >= 0.6 is 0 Å². The second kappa shape index (κ2) is 11.5. The topological polar surface area (TPSA) is 51.6 Å². The summed E-state index contributed by atoms with van der Waals surface area (Å²) in [6.07, 6.45) is 7.57. The van der Waals surface area contributed by atoms with Crippen LogP contribution in [0.1, 0.15) is 68.2 Å². The average molecular weight is 665 g/mol. The number of aromatic nitrogens is 4. The molecule has 244 valence electrons. The van der Waals surface area contributed by atoms with E-state index >= 15 is 0 Å². The van der Waals surface area contributed by atoms with E-state index in [1.54, 1.807) is 0 Å². The van der Waals surface area contributed by atoms with E-state index in [4.69, 9.17) is 19.9 Å². The molecule has 4 heteroatoms. The van der Waals surface area contributed by atoms with Crippen molar-refractivity contribution in [3.8, 4) is 45.0 Å². The van der Waals surface area contributed by atoms with E-state index in [2.05, 4.69) is 121 Å². The molecule has 6 aliphatic carbocycles. The highest BCUT2D eigenvalue weighted by Crippen LogP contribution is 2.65. The SMILES string of the molecule is c1ccc(-c2cc3c(cc2-c2ccccn2)C2c4ccccc4C3C3c4ccccc4C2c2cc(-c4ccccn4)c(-c4ccccn4)cc23)nc1. The van der Waals surface area contributed by atoms with Gasteiger partial charge in [0.05, 0.1) is 22.8 Å². The van der Waals surface area contributed by atoms with Crippen LogP contribution < -0.4 is 0 Å². The third kappa shape index (κ3) is 4.27. The molecule has 0 saturated carbocycles. The molecule has 0 fully saturated rings. The van der Waals surface area contributed by atoms with Gasteiger partial charge in [0.2, 0.25) is 0 Å². The Morgan fingerprint density at radius 3 is 0.692 bits per heavy atom. The standard InChI is InChI=1S/C48H32N4/c1-2-14-30-29(13-1)45-37-25-33(41-17-5-9-21-49-41)34(42-18-6-10-22-50-42)26-38(37)46(30)48-32-16-4-3-15-31(32)47(45)39-27-35(43-19-7-11-23-51-43)36(28-40(39)48)44-20-8-12-24-52-44/h1-28,45-48H. The van der Waals surface area contributed by atoms with E-state index in [1.807, 2.05) is 49.1 Å². The average Bonchev–Trinajstić information content (AvgIpc) is 3.22. The molecular weight excluding hydrogens is 633 g/mol. The Balaban J connectivity index is 1.26. The maximum absolute atomic E-state index is 4.90. The quantitative estimate of drug-likeness (QED) is 0.188. The fourth-order valence-corrected chi connectivity index (χ4v) is 9.54. The summed E-state index contributed by atoms with van der Waals surface area (Å²) in [7, 11) is 0. The maximum Gasteiger partial charge on any atom is 0.0708 e. The molecule has 0 aliphatic heterocycles. The van der Waals surface area contributed by atoms with Crippen LogP contribution in [0.5, 0.6) is 0 Å². The highest BCUT2D eigenvalue weighted by Gasteiger charge is 2.50. The molecular formula is C48H32N4. The summed E-state index contributed by atoms with van der Waals surface area (Å²) in [5.74, 6) is 0.338. The number of rotatable bonds is 4. The Morgan fingerprint density at radius 2 is 0.481 bits per heavy atom. The third-order valence-electron chi connectivity index (χ3n) is 11.5. The van der Waals surface area contributed by atoms with Crippen LogP contribution in [-0.2, 0) is 0 Å². The van der Waals surface area contributed by atoms with E-state index in [0.29, 0.717) is 0 Å². The zero-order valence-electron chi connectivity index (χ0n) is 28.3. The molecule has 4 unspecified atom stereocenters. The molecule has 4 atom stereocenters. The van der Waals surface area contributed by atoms with Crippen LogP contribution in [-0.4, -0.2) is 19.9 Å². The monoisotopic (exact) mass is 664 g/mol. The first-order valence-electron chi connectivity index (χ1n) is 18.0. The minimum atomic E-state index is 0.0844. The minimum absolute atomic E-state index is 0.0844. The van der Waals surface area contributed by atoms with Gasteiger partial charge in [-0.05, 0) is 117 Å².